The van der Waals surface area contributed by atoms with Crippen molar-refractivity contribution in [3.63, 3.8) is 0 Å². The van der Waals surface area contributed by atoms with E-state index in [-0.39, 0.29) is 11.8 Å². The maximum Gasteiger partial charge on any atom is 0.261 e. The second-order valence-corrected chi connectivity index (χ2v) is 4.29. The molecule has 4 heteroatoms. The van der Waals surface area contributed by atoms with Crippen molar-refractivity contribution in [2.75, 3.05) is 6.54 Å². The molecule has 1 aromatic rings. The number of nitrogens with zero attached hydrogens (tertiary/aromatic N) is 1. The van der Waals surface area contributed by atoms with Crippen molar-refractivity contribution in [3.8, 4) is 0 Å². The third-order valence-corrected chi connectivity index (χ3v) is 2.92. The molecule has 1 aliphatic heterocycles. The Hall–Kier alpha value is -0.910. The number of amides is 2. The fraction of sp³-hybridized carbons (Fsp3) is 0.200. The predicted octanol–water partition coefficient (Wildman–Crippen LogP) is 1.91. The van der Waals surface area contributed by atoms with Crippen LogP contribution in [0.4, 0.5) is 0 Å². The number of carbonyl (C=O) groups is 2. The average molecular weight is 301 g/mol. The van der Waals surface area contributed by atoms with Gasteiger partial charge in [-0.3, -0.25) is 14.5 Å². The molecule has 0 radical (unpaired) electrons. The van der Waals surface area contributed by atoms with E-state index in [1.54, 1.807) is 19.1 Å². The van der Waals surface area contributed by atoms with Gasteiger partial charge in [-0.1, -0.05) is 0 Å². The van der Waals surface area contributed by atoms with E-state index in [0.29, 0.717) is 17.7 Å². The monoisotopic (exact) mass is 301 g/mol. The van der Waals surface area contributed by atoms with Crippen LogP contribution in [0.25, 0.3) is 0 Å². The maximum absolute atomic E-state index is 11.7. The van der Waals surface area contributed by atoms with Gasteiger partial charge < -0.3 is 0 Å². The van der Waals surface area contributed by atoms with Gasteiger partial charge in [0.25, 0.3) is 11.8 Å². The number of imide groups is 1. The standard InChI is InChI=1S/C10H8INO2/c1-2-12-9(13)7-4-3-6(11)5-8(7)10(12)14/h3-5H,2H2,1H3. The Morgan fingerprint density at radius 1 is 1.21 bits per heavy atom. The van der Waals surface area contributed by atoms with Gasteiger partial charge in [0.1, 0.15) is 0 Å². The Balaban J connectivity index is 2.58. The molecule has 0 fully saturated rings. The first kappa shape index (κ1) is 9.64. The van der Waals surface area contributed by atoms with Crippen molar-refractivity contribution in [2.45, 2.75) is 6.92 Å². The van der Waals surface area contributed by atoms with E-state index in [1.165, 1.54) is 4.90 Å². The van der Waals surface area contributed by atoms with Gasteiger partial charge in [0.05, 0.1) is 11.1 Å². The Morgan fingerprint density at radius 3 is 2.50 bits per heavy atom. The largest absolute Gasteiger partial charge is 0.275 e. The van der Waals surface area contributed by atoms with Crippen LogP contribution >= 0.6 is 22.6 Å². The van der Waals surface area contributed by atoms with Crippen molar-refractivity contribution in [2.24, 2.45) is 0 Å². The molecule has 1 aliphatic rings. The van der Waals surface area contributed by atoms with Gasteiger partial charge >= 0.3 is 0 Å². The van der Waals surface area contributed by atoms with Crippen molar-refractivity contribution in [1.82, 2.24) is 4.90 Å². The molecule has 0 atom stereocenters. The Labute approximate surface area is 95.2 Å². The van der Waals surface area contributed by atoms with Crippen LogP contribution in [0.5, 0.6) is 0 Å². The SMILES string of the molecule is CCN1C(=O)c2ccc(I)cc2C1=O. The van der Waals surface area contributed by atoms with E-state index in [4.69, 9.17) is 0 Å². The van der Waals surface area contributed by atoms with E-state index in [1.807, 2.05) is 6.07 Å². The molecule has 14 heavy (non-hydrogen) atoms. The fourth-order valence-electron chi connectivity index (χ4n) is 1.55. The molecule has 1 heterocycles. The quantitative estimate of drug-likeness (QED) is 0.587. The number of rotatable bonds is 1. The van der Waals surface area contributed by atoms with E-state index in [9.17, 15) is 9.59 Å². The first-order valence-electron chi connectivity index (χ1n) is 4.31. The molecule has 0 aromatic heterocycles. The summed E-state index contributed by atoms with van der Waals surface area (Å²) >= 11 is 2.13. The Bertz CT molecular complexity index is 428. The molecule has 0 N–H and O–H groups in total. The Morgan fingerprint density at radius 2 is 1.86 bits per heavy atom. The summed E-state index contributed by atoms with van der Waals surface area (Å²) in [5.41, 5.74) is 1.06. The lowest BCUT2D eigenvalue weighted by Crippen LogP contribution is -2.29. The molecule has 0 saturated heterocycles. The van der Waals surface area contributed by atoms with Crippen LogP contribution in [-0.4, -0.2) is 23.3 Å². The molecule has 0 saturated carbocycles. The molecular formula is C10H8INO2. The normalized spacial score (nSPS) is 14.9. The predicted molar refractivity (Wildman–Crippen MR) is 60.2 cm³/mol. The second kappa shape index (κ2) is 3.34. The summed E-state index contributed by atoms with van der Waals surface area (Å²) in [5.74, 6) is -0.352. The average Bonchev–Trinajstić information content (AvgIpc) is 2.39. The third kappa shape index (κ3) is 1.25. The van der Waals surface area contributed by atoms with Crippen LogP contribution in [0.3, 0.4) is 0 Å². The van der Waals surface area contributed by atoms with Crippen molar-refractivity contribution in [1.29, 1.82) is 0 Å². The fourth-order valence-corrected chi connectivity index (χ4v) is 2.04. The zero-order valence-corrected chi connectivity index (χ0v) is 9.74. The highest BCUT2D eigenvalue weighted by Gasteiger charge is 2.34. The summed E-state index contributed by atoms with van der Waals surface area (Å²) in [7, 11) is 0. The lowest BCUT2D eigenvalue weighted by Gasteiger charge is -2.08. The summed E-state index contributed by atoms with van der Waals surface area (Å²) < 4.78 is 0.973. The minimum atomic E-state index is -0.177. The van der Waals surface area contributed by atoms with Crippen molar-refractivity contribution < 1.29 is 9.59 Å². The van der Waals surface area contributed by atoms with Gasteiger partial charge in [-0.2, -0.15) is 0 Å². The summed E-state index contributed by atoms with van der Waals surface area (Å²) in [6, 6.07) is 5.31. The highest BCUT2D eigenvalue weighted by Crippen LogP contribution is 2.24. The third-order valence-electron chi connectivity index (χ3n) is 2.25. The van der Waals surface area contributed by atoms with Crippen LogP contribution < -0.4 is 0 Å². The molecule has 0 spiro atoms. The van der Waals surface area contributed by atoms with Gasteiger partial charge in [0.15, 0.2) is 0 Å². The lowest BCUT2D eigenvalue weighted by molar-refractivity contribution is 0.0663. The van der Waals surface area contributed by atoms with E-state index < -0.39 is 0 Å². The van der Waals surface area contributed by atoms with Crippen LogP contribution in [0, 0.1) is 3.57 Å². The van der Waals surface area contributed by atoms with E-state index >= 15 is 0 Å². The smallest absolute Gasteiger partial charge is 0.261 e. The van der Waals surface area contributed by atoms with Gasteiger partial charge in [-0.05, 0) is 47.7 Å². The number of benzene rings is 1. The van der Waals surface area contributed by atoms with Crippen LogP contribution in [0.15, 0.2) is 18.2 Å². The van der Waals surface area contributed by atoms with Crippen LogP contribution in [-0.2, 0) is 0 Å². The maximum atomic E-state index is 11.7. The highest BCUT2D eigenvalue weighted by molar-refractivity contribution is 14.1. The molecule has 3 nitrogen and oxygen atoms in total. The summed E-state index contributed by atoms with van der Waals surface area (Å²) in [6.45, 7) is 2.23. The summed E-state index contributed by atoms with van der Waals surface area (Å²) in [4.78, 5) is 24.6. The minimum absolute atomic E-state index is 0.175. The number of halogens is 1. The van der Waals surface area contributed by atoms with Crippen LogP contribution in [0.2, 0.25) is 0 Å². The zero-order valence-electron chi connectivity index (χ0n) is 7.58. The van der Waals surface area contributed by atoms with Crippen molar-refractivity contribution >= 4 is 34.4 Å². The topological polar surface area (TPSA) is 37.4 Å². The first-order chi connectivity index (χ1) is 6.65. The molecule has 2 rings (SSSR count). The number of carbonyl (C=O) groups excluding carboxylic acids is 2. The van der Waals surface area contributed by atoms with E-state index in [2.05, 4.69) is 22.6 Å². The molecule has 2 amide bonds. The molecule has 1 aromatic carbocycles. The summed E-state index contributed by atoms with van der Waals surface area (Å²) in [5, 5.41) is 0. The zero-order chi connectivity index (χ0) is 10.3. The van der Waals surface area contributed by atoms with E-state index in [0.717, 1.165) is 3.57 Å². The van der Waals surface area contributed by atoms with Gasteiger partial charge in [0.2, 0.25) is 0 Å². The molecule has 0 unspecified atom stereocenters. The molecule has 0 bridgehead atoms. The van der Waals surface area contributed by atoms with Crippen molar-refractivity contribution in [3.05, 3.63) is 32.9 Å². The number of hydrogen-bond acceptors (Lipinski definition) is 2. The number of hydrogen-bond donors (Lipinski definition) is 0. The van der Waals surface area contributed by atoms with Gasteiger partial charge in [-0.15, -0.1) is 0 Å². The molecule has 72 valence electrons. The second-order valence-electron chi connectivity index (χ2n) is 3.04. The highest BCUT2D eigenvalue weighted by atomic mass is 127. The summed E-state index contributed by atoms with van der Waals surface area (Å²) in [6.07, 6.45) is 0. The minimum Gasteiger partial charge on any atom is -0.275 e. The lowest BCUT2D eigenvalue weighted by atomic mass is 10.1. The van der Waals surface area contributed by atoms with Crippen LogP contribution in [0.1, 0.15) is 27.6 Å². The molecular weight excluding hydrogens is 293 g/mol. The number of fused-ring (bicyclic) bond motifs is 1. The molecule has 0 aliphatic carbocycles. The Kier molecular flexibility index (Phi) is 2.30. The first-order valence-corrected chi connectivity index (χ1v) is 5.38. The van der Waals surface area contributed by atoms with Gasteiger partial charge in [-0.25, -0.2) is 0 Å². The van der Waals surface area contributed by atoms with Gasteiger partial charge in [0, 0.05) is 10.1 Å².